The van der Waals surface area contributed by atoms with Crippen LogP contribution in [0.15, 0.2) is 0 Å². The third kappa shape index (κ3) is 7.30. The van der Waals surface area contributed by atoms with Crippen LogP contribution in [0.4, 0.5) is 0 Å². The molecule has 0 amide bonds. The monoisotopic (exact) mass is 167 g/mol. The standard InChI is InChI=1S/C10H17NO/c1-4-5-6-7-9(12)8-10(2,3)11/h1H,5-8,11H2,2-3H3. The number of carbonyl (C=O) groups is 1. The SMILES string of the molecule is C#CCCCC(=O)CC(C)(C)N. The average molecular weight is 167 g/mol. The van der Waals surface area contributed by atoms with Crippen molar-refractivity contribution in [2.75, 3.05) is 0 Å². The number of hydrogen-bond donors (Lipinski definition) is 1. The molecule has 0 aromatic heterocycles. The first-order valence-corrected chi connectivity index (χ1v) is 4.20. The van der Waals surface area contributed by atoms with Gasteiger partial charge in [-0.15, -0.1) is 12.3 Å². The van der Waals surface area contributed by atoms with Gasteiger partial charge in [0, 0.05) is 24.8 Å². The molecule has 2 heteroatoms. The van der Waals surface area contributed by atoms with Crippen LogP contribution < -0.4 is 5.73 Å². The number of terminal acetylenes is 1. The third-order valence-electron chi connectivity index (χ3n) is 1.43. The molecular formula is C10H17NO. The first kappa shape index (κ1) is 11.2. The van der Waals surface area contributed by atoms with Crippen molar-refractivity contribution >= 4 is 5.78 Å². The van der Waals surface area contributed by atoms with Crippen LogP contribution in [0.2, 0.25) is 0 Å². The molecule has 0 bridgehead atoms. The topological polar surface area (TPSA) is 43.1 Å². The van der Waals surface area contributed by atoms with Gasteiger partial charge < -0.3 is 5.73 Å². The highest BCUT2D eigenvalue weighted by Crippen LogP contribution is 2.07. The van der Waals surface area contributed by atoms with E-state index in [4.69, 9.17) is 12.2 Å². The highest BCUT2D eigenvalue weighted by atomic mass is 16.1. The first-order valence-electron chi connectivity index (χ1n) is 4.20. The van der Waals surface area contributed by atoms with Gasteiger partial charge in [-0.25, -0.2) is 0 Å². The van der Waals surface area contributed by atoms with Gasteiger partial charge in [-0.05, 0) is 20.3 Å². The molecule has 0 heterocycles. The van der Waals surface area contributed by atoms with Crippen molar-refractivity contribution in [2.24, 2.45) is 5.73 Å². The van der Waals surface area contributed by atoms with Gasteiger partial charge in [-0.2, -0.15) is 0 Å². The zero-order valence-corrected chi connectivity index (χ0v) is 7.89. The third-order valence-corrected chi connectivity index (χ3v) is 1.43. The van der Waals surface area contributed by atoms with E-state index in [2.05, 4.69) is 5.92 Å². The zero-order valence-electron chi connectivity index (χ0n) is 7.89. The maximum Gasteiger partial charge on any atom is 0.134 e. The molecule has 0 aromatic rings. The summed E-state index contributed by atoms with van der Waals surface area (Å²) in [5.41, 5.74) is 5.30. The molecule has 0 aliphatic heterocycles. The fourth-order valence-corrected chi connectivity index (χ4v) is 0.984. The van der Waals surface area contributed by atoms with Crippen molar-refractivity contribution in [3.05, 3.63) is 0 Å². The molecule has 0 rings (SSSR count). The normalized spacial score (nSPS) is 10.8. The Kier molecular flexibility index (Phi) is 4.61. The van der Waals surface area contributed by atoms with Gasteiger partial charge in [0.15, 0.2) is 0 Å². The summed E-state index contributed by atoms with van der Waals surface area (Å²) in [6, 6.07) is 0. The van der Waals surface area contributed by atoms with Crippen molar-refractivity contribution in [2.45, 2.75) is 45.1 Å². The first-order chi connectivity index (χ1) is 5.45. The number of hydrogen-bond acceptors (Lipinski definition) is 2. The van der Waals surface area contributed by atoms with Crippen molar-refractivity contribution in [3.63, 3.8) is 0 Å². The minimum absolute atomic E-state index is 0.206. The van der Waals surface area contributed by atoms with E-state index in [1.165, 1.54) is 0 Å². The summed E-state index contributed by atoms with van der Waals surface area (Å²) < 4.78 is 0. The van der Waals surface area contributed by atoms with E-state index in [-0.39, 0.29) is 11.3 Å². The van der Waals surface area contributed by atoms with Crippen molar-refractivity contribution in [1.82, 2.24) is 0 Å². The molecule has 0 saturated heterocycles. The maximum absolute atomic E-state index is 11.2. The minimum Gasteiger partial charge on any atom is -0.325 e. The number of unbranched alkanes of at least 4 members (excludes halogenated alkanes) is 1. The molecule has 2 N–H and O–H groups in total. The van der Waals surface area contributed by atoms with E-state index < -0.39 is 0 Å². The molecule has 0 saturated carbocycles. The van der Waals surface area contributed by atoms with E-state index in [1.807, 2.05) is 13.8 Å². The Morgan fingerprint density at radius 2 is 2.17 bits per heavy atom. The van der Waals surface area contributed by atoms with E-state index in [0.29, 0.717) is 19.3 Å². The summed E-state index contributed by atoms with van der Waals surface area (Å²) >= 11 is 0. The molecule has 68 valence electrons. The van der Waals surface area contributed by atoms with Crippen LogP contribution in [0.1, 0.15) is 39.5 Å². The zero-order chi connectivity index (χ0) is 9.61. The predicted octanol–water partition coefficient (Wildman–Crippen LogP) is 1.49. The van der Waals surface area contributed by atoms with Gasteiger partial charge in [-0.3, -0.25) is 4.79 Å². The van der Waals surface area contributed by atoms with E-state index in [1.54, 1.807) is 0 Å². The lowest BCUT2D eigenvalue weighted by atomic mass is 9.97. The second-order valence-corrected chi connectivity index (χ2v) is 3.76. The molecule has 0 aliphatic rings. The van der Waals surface area contributed by atoms with Gasteiger partial charge in [0.25, 0.3) is 0 Å². The number of carbonyl (C=O) groups excluding carboxylic acids is 1. The Labute approximate surface area is 74.5 Å². The van der Waals surface area contributed by atoms with Crippen LogP contribution >= 0.6 is 0 Å². The van der Waals surface area contributed by atoms with Crippen LogP contribution in [0, 0.1) is 12.3 Å². The summed E-state index contributed by atoms with van der Waals surface area (Å²) in [6.45, 7) is 3.71. The summed E-state index contributed by atoms with van der Waals surface area (Å²) in [5, 5.41) is 0. The second-order valence-electron chi connectivity index (χ2n) is 3.76. The lowest BCUT2D eigenvalue weighted by Crippen LogP contribution is -2.34. The Morgan fingerprint density at radius 1 is 1.58 bits per heavy atom. The largest absolute Gasteiger partial charge is 0.325 e. The second kappa shape index (κ2) is 4.95. The highest BCUT2D eigenvalue weighted by Gasteiger charge is 2.15. The van der Waals surface area contributed by atoms with Gasteiger partial charge in [-0.1, -0.05) is 0 Å². The molecule has 0 spiro atoms. The van der Waals surface area contributed by atoms with Crippen molar-refractivity contribution < 1.29 is 4.79 Å². The summed E-state index contributed by atoms with van der Waals surface area (Å²) in [6.07, 6.45) is 7.52. The van der Waals surface area contributed by atoms with Gasteiger partial charge >= 0.3 is 0 Å². The molecule has 0 unspecified atom stereocenters. The summed E-state index contributed by atoms with van der Waals surface area (Å²) in [7, 11) is 0. The minimum atomic E-state index is -0.382. The Bertz CT molecular complexity index is 183. The molecule has 12 heavy (non-hydrogen) atoms. The Balaban J connectivity index is 3.56. The summed E-state index contributed by atoms with van der Waals surface area (Å²) in [4.78, 5) is 11.2. The molecule has 0 atom stereocenters. The number of nitrogens with two attached hydrogens (primary N) is 1. The van der Waals surface area contributed by atoms with Crippen LogP contribution in [-0.4, -0.2) is 11.3 Å². The Hall–Kier alpha value is -0.810. The lowest BCUT2D eigenvalue weighted by molar-refractivity contribution is -0.120. The molecule has 0 radical (unpaired) electrons. The number of rotatable bonds is 5. The van der Waals surface area contributed by atoms with Crippen molar-refractivity contribution in [1.29, 1.82) is 0 Å². The van der Waals surface area contributed by atoms with Crippen LogP contribution in [-0.2, 0) is 4.79 Å². The van der Waals surface area contributed by atoms with Crippen LogP contribution in [0.25, 0.3) is 0 Å². The van der Waals surface area contributed by atoms with Gasteiger partial charge in [0.1, 0.15) is 5.78 Å². The van der Waals surface area contributed by atoms with Gasteiger partial charge in [0.2, 0.25) is 0 Å². The molecule has 0 aromatic carbocycles. The molecule has 2 nitrogen and oxygen atoms in total. The number of ketones is 1. The average Bonchev–Trinajstić information content (AvgIpc) is 1.84. The summed E-state index contributed by atoms with van der Waals surface area (Å²) in [5.74, 6) is 2.71. The highest BCUT2D eigenvalue weighted by molar-refractivity contribution is 5.79. The molecule has 0 fully saturated rings. The van der Waals surface area contributed by atoms with Crippen molar-refractivity contribution in [3.8, 4) is 12.3 Å². The van der Waals surface area contributed by atoms with Gasteiger partial charge in [0.05, 0.1) is 0 Å². The number of Topliss-reactive ketones (excluding diaryl/α,β-unsaturated/α-hetero) is 1. The smallest absolute Gasteiger partial charge is 0.134 e. The van der Waals surface area contributed by atoms with E-state index in [9.17, 15) is 4.79 Å². The van der Waals surface area contributed by atoms with Crippen LogP contribution in [0.5, 0.6) is 0 Å². The molecule has 0 aliphatic carbocycles. The molecular weight excluding hydrogens is 150 g/mol. The quantitative estimate of drug-likeness (QED) is 0.498. The fraction of sp³-hybridized carbons (Fsp3) is 0.700. The fourth-order valence-electron chi connectivity index (χ4n) is 0.984. The van der Waals surface area contributed by atoms with E-state index in [0.717, 1.165) is 6.42 Å². The lowest BCUT2D eigenvalue weighted by Gasteiger charge is -2.16. The Morgan fingerprint density at radius 3 is 2.58 bits per heavy atom. The van der Waals surface area contributed by atoms with Crippen LogP contribution in [0.3, 0.4) is 0 Å². The van der Waals surface area contributed by atoms with E-state index >= 15 is 0 Å². The maximum atomic E-state index is 11.2. The predicted molar refractivity (Wildman–Crippen MR) is 50.6 cm³/mol.